The minimum atomic E-state index is -0.0939. The van der Waals surface area contributed by atoms with Crippen LogP contribution in [-0.4, -0.2) is 58.7 Å². The van der Waals surface area contributed by atoms with Crippen molar-refractivity contribution in [3.63, 3.8) is 0 Å². The molecule has 0 radical (unpaired) electrons. The predicted molar refractivity (Wildman–Crippen MR) is 145 cm³/mol. The van der Waals surface area contributed by atoms with Gasteiger partial charge in [0, 0.05) is 43.1 Å². The van der Waals surface area contributed by atoms with Gasteiger partial charge in [0.25, 0.3) is 5.91 Å². The molecule has 1 fully saturated rings. The number of carbonyl (C=O) groups is 2. The highest BCUT2D eigenvalue weighted by atomic mass is 32.2. The van der Waals surface area contributed by atoms with Gasteiger partial charge >= 0.3 is 5.16 Å². The van der Waals surface area contributed by atoms with Crippen molar-refractivity contribution >= 4 is 35.0 Å². The first-order chi connectivity index (χ1) is 18.1. The number of carbonyl (C=O) groups excluding carboxylic acids is 2. The van der Waals surface area contributed by atoms with Crippen molar-refractivity contribution in [2.45, 2.75) is 12.1 Å². The van der Waals surface area contributed by atoms with Crippen LogP contribution in [0.3, 0.4) is 0 Å². The highest BCUT2D eigenvalue weighted by Crippen LogP contribution is 2.21. The second-order valence-electron chi connectivity index (χ2n) is 8.87. The normalized spacial score (nSPS) is 13.4. The number of H-pyrrole nitrogens is 1. The Labute approximate surface area is 220 Å². The van der Waals surface area contributed by atoms with E-state index in [-0.39, 0.29) is 17.6 Å². The molecule has 0 bridgehead atoms. The zero-order valence-electron chi connectivity index (χ0n) is 20.6. The second-order valence-corrected chi connectivity index (χ2v) is 9.81. The highest BCUT2D eigenvalue weighted by Gasteiger charge is 2.22. The van der Waals surface area contributed by atoms with Crippen LogP contribution in [0.15, 0.2) is 90.3 Å². The van der Waals surface area contributed by atoms with Crippen LogP contribution < -0.4 is 14.9 Å². The van der Waals surface area contributed by atoms with E-state index in [0.717, 1.165) is 46.4 Å². The maximum absolute atomic E-state index is 12.8. The number of anilines is 2. The summed E-state index contributed by atoms with van der Waals surface area (Å²) in [6.07, 6.45) is 1.62. The van der Waals surface area contributed by atoms with Gasteiger partial charge in [0.15, 0.2) is 5.69 Å². The van der Waals surface area contributed by atoms with Crippen molar-refractivity contribution in [1.29, 1.82) is 0 Å². The SMILES string of the molecule is Cc1ccc(C(=O)N2CCN(c3ccc(NC(=O)CSc4nc[nH][n+]4-c4ccccc4)cc3)CC2)cc1. The summed E-state index contributed by atoms with van der Waals surface area (Å²) in [6, 6.07) is 25.4. The lowest BCUT2D eigenvalue weighted by molar-refractivity contribution is -0.694. The Kier molecular flexibility index (Phi) is 7.51. The quantitative estimate of drug-likeness (QED) is 0.291. The smallest absolute Gasteiger partial charge is 0.368 e. The monoisotopic (exact) mass is 513 g/mol. The molecule has 1 aliphatic heterocycles. The van der Waals surface area contributed by atoms with E-state index in [9.17, 15) is 9.59 Å². The lowest BCUT2D eigenvalue weighted by atomic mass is 10.1. The maximum Gasteiger partial charge on any atom is 0.385 e. The molecule has 3 aromatic carbocycles. The third-order valence-electron chi connectivity index (χ3n) is 6.28. The molecular weight excluding hydrogens is 484 g/mol. The molecule has 37 heavy (non-hydrogen) atoms. The minimum Gasteiger partial charge on any atom is -0.368 e. The van der Waals surface area contributed by atoms with Crippen molar-refractivity contribution in [3.05, 3.63) is 96.3 Å². The number of aryl methyl sites for hydroxylation is 1. The summed E-state index contributed by atoms with van der Waals surface area (Å²) in [5.74, 6) is 0.236. The lowest BCUT2D eigenvalue weighted by Gasteiger charge is -2.36. The maximum atomic E-state index is 12.8. The van der Waals surface area contributed by atoms with Gasteiger partial charge in [-0.15, -0.1) is 4.68 Å². The summed E-state index contributed by atoms with van der Waals surface area (Å²) in [4.78, 5) is 33.8. The van der Waals surface area contributed by atoms with Gasteiger partial charge in [0.05, 0.1) is 5.75 Å². The summed E-state index contributed by atoms with van der Waals surface area (Å²) in [5, 5.41) is 6.76. The van der Waals surface area contributed by atoms with Crippen LogP contribution in [0, 0.1) is 6.92 Å². The summed E-state index contributed by atoms with van der Waals surface area (Å²) >= 11 is 1.37. The molecule has 2 N–H and O–H groups in total. The van der Waals surface area contributed by atoms with Gasteiger partial charge in [0.2, 0.25) is 12.2 Å². The molecule has 0 spiro atoms. The molecule has 1 aliphatic rings. The van der Waals surface area contributed by atoms with Crippen LogP contribution in [0.1, 0.15) is 15.9 Å². The predicted octanol–water partition coefficient (Wildman–Crippen LogP) is 3.69. The number of thioether (sulfide) groups is 1. The lowest BCUT2D eigenvalue weighted by Crippen LogP contribution is -2.48. The zero-order valence-corrected chi connectivity index (χ0v) is 21.4. The molecule has 1 saturated heterocycles. The molecule has 2 heterocycles. The average Bonchev–Trinajstić information content (AvgIpc) is 3.42. The van der Waals surface area contributed by atoms with E-state index in [0.29, 0.717) is 13.1 Å². The molecule has 1 aromatic heterocycles. The summed E-state index contributed by atoms with van der Waals surface area (Å²) in [7, 11) is 0. The molecular formula is C28H29N6O2S+. The van der Waals surface area contributed by atoms with E-state index in [4.69, 9.17) is 0 Å². The van der Waals surface area contributed by atoms with Gasteiger partial charge in [-0.1, -0.05) is 35.9 Å². The van der Waals surface area contributed by atoms with Crippen molar-refractivity contribution < 1.29 is 14.3 Å². The zero-order chi connectivity index (χ0) is 25.6. The van der Waals surface area contributed by atoms with E-state index in [1.807, 2.05) is 95.4 Å². The Balaban J connectivity index is 1.11. The van der Waals surface area contributed by atoms with Crippen LogP contribution in [-0.2, 0) is 4.79 Å². The number of aromatic amines is 1. The number of hydrogen-bond donors (Lipinski definition) is 2. The number of nitrogens with one attached hydrogen (secondary N) is 2. The van der Waals surface area contributed by atoms with Crippen molar-refractivity contribution in [1.82, 2.24) is 15.0 Å². The molecule has 5 rings (SSSR count). The molecule has 4 aromatic rings. The fourth-order valence-corrected chi connectivity index (χ4v) is 4.99. The van der Waals surface area contributed by atoms with Crippen LogP contribution in [0.5, 0.6) is 0 Å². The number of aromatic nitrogens is 3. The number of hydrogen-bond acceptors (Lipinski definition) is 5. The van der Waals surface area contributed by atoms with Crippen LogP contribution in [0.4, 0.5) is 11.4 Å². The third-order valence-corrected chi connectivity index (χ3v) is 7.23. The minimum absolute atomic E-state index is 0.0831. The van der Waals surface area contributed by atoms with E-state index < -0.39 is 0 Å². The van der Waals surface area contributed by atoms with Gasteiger partial charge in [-0.25, -0.2) is 0 Å². The second kappa shape index (κ2) is 11.3. The summed E-state index contributed by atoms with van der Waals surface area (Å²) in [6.45, 7) is 4.91. The molecule has 9 heteroatoms. The Hall–Kier alpha value is -4.11. The van der Waals surface area contributed by atoms with Crippen LogP contribution in [0.25, 0.3) is 5.69 Å². The average molecular weight is 514 g/mol. The Morgan fingerprint density at radius 1 is 0.946 bits per heavy atom. The van der Waals surface area contributed by atoms with Gasteiger partial charge in [-0.3, -0.25) is 9.59 Å². The highest BCUT2D eigenvalue weighted by molar-refractivity contribution is 7.99. The van der Waals surface area contributed by atoms with E-state index in [1.165, 1.54) is 11.8 Å². The Morgan fingerprint density at radius 3 is 2.35 bits per heavy atom. The van der Waals surface area contributed by atoms with Crippen molar-refractivity contribution in [3.8, 4) is 5.69 Å². The van der Waals surface area contributed by atoms with E-state index in [1.54, 1.807) is 6.33 Å². The van der Waals surface area contributed by atoms with E-state index in [2.05, 4.69) is 20.3 Å². The topological polar surface area (TPSA) is 85.2 Å². The van der Waals surface area contributed by atoms with Crippen molar-refractivity contribution in [2.75, 3.05) is 42.1 Å². The fourth-order valence-electron chi connectivity index (χ4n) is 4.25. The van der Waals surface area contributed by atoms with Crippen LogP contribution in [0.2, 0.25) is 0 Å². The van der Waals surface area contributed by atoms with Gasteiger partial charge in [-0.05, 0) is 72.2 Å². The van der Waals surface area contributed by atoms with Crippen LogP contribution >= 0.6 is 11.8 Å². The number of benzene rings is 3. The number of para-hydroxylation sites is 1. The molecule has 0 unspecified atom stereocenters. The first-order valence-corrected chi connectivity index (χ1v) is 13.2. The Bertz CT molecular complexity index is 1350. The number of piperazine rings is 1. The van der Waals surface area contributed by atoms with Gasteiger partial charge in [-0.2, -0.15) is 5.10 Å². The first kappa shape index (κ1) is 24.6. The van der Waals surface area contributed by atoms with E-state index >= 15 is 0 Å². The molecule has 2 amide bonds. The largest absolute Gasteiger partial charge is 0.385 e. The van der Waals surface area contributed by atoms with Gasteiger partial charge in [0.1, 0.15) is 0 Å². The number of nitrogens with zero attached hydrogens (tertiary/aromatic N) is 4. The fraction of sp³-hybridized carbons (Fsp3) is 0.214. The first-order valence-electron chi connectivity index (χ1n) is 12.2. The number of rotatable bonds is 7. The van der Waals surface area contributed by atoms with Gasteiger partial charge < -0.3 is 15.1 Å². The molecule has 188 valence electrons. The molecule has 8 nitrogen and oxygen atoms in total. The van der Waals surface area contributed by atoms with Crippen molar-refractivity contribution in [2.24, 2.45) is 0 Å². The summed E-state index contributed by atoms with van der Waals surface area (Å²) < 4.78 is 1.85. The molecule has 0 saturated carbocycles. The Morgan fingerprint density at radius 2 is 1.65 bits per heavy atom. The standard InChI is InChI=1S/C28H28N6O2S/c1-21-7-9-22(10-8-21)27(36)33-17-15-32(16-18-33)24-13-11-23(12-14-24)31-26(35)19-37-28-29-20-30-34(28)25-5-3-2-4-6-25/h2-14,20H,15-19H2,1H3,(H,31,35)/p+1. The number of amides is 2. The molecule has 0 aliphatic carbocycles. The third kappa shape index (κ3) is 6.00. The summed E-state index contributed by atoms with van der Waals surface area (Å²) in [5.41, 5.74) is 4.67. The molecule has 0 atom stereocenters.